The minimum atomic E-state index is -0.0558. The molecule has 2 aromatic heterocycles. The third-order valence-corrected chi connectivity index (χ3v) is 4.82. The Morgan fingerprint density at radius 2 is 2.23 bits per heavy atom. The fourth-order valence-electron chi connectivity index (χ4n) is 2.91. The number of amides is 1. The van der Waals surface area contributed by atoms with Gasteiger partial charge >= 0.3 is 0 Å². The maximum Gasteiger partial charge on any atom is 0.222 e. The van der Waals surface area contributed by atoms with E-state index < -0.39 is 0 Å². The lowest BCUT2D eigenvalue weighted by Crippen LogP contribution is -2.34. The van der Waals surface area contributed by atoms with Crippen molar-refractivity contribution in [1.82, 2.24) is 19.7 Å². The fraction of sp³-hybridized carbons (Fsp3) is 0.533. The minimum Gasteiger partial charge on any atom is -0.311 e. The summed E-state index contributed by atoms with van der Waals surface area (Å²) in [4.78, 5) is 19.3. The lowest BCUT2D eigenvalue weighted by Gasteiger charge is -2.32. The van der Waals surface area contributed by atoms with Crippen LogP contribution in [0, 0.1) is 6.92 Å². The Bertz CT molecular complexity index is 642. The molecule has 1 fully saturated rings. The van der Waals surface area contributed by atoms with Crippen molar-refractivity contribution in [3.05, 3.63) is 28.3 Å². The molecule has 0 aliphatic carbocycles. The first-order valence-electron chi connectivity index (χ1n) is 7.56. The maximum absolute atomic E-state index is 11.2. The molecule has 3 rings (SSSR count). The number of aryl methyl sites for hydroxylation is 1. The molecule has 1 amide bonds. The Hall–Kier alpha value is -1.73. The van der Waals surface area contributed by atoms with Crippen molar-refractivity contribution in [1.29, 1.82) is 0 Å². The van der Waals surface area contributed by atoms with Gasteiger partial charge in [0, 0.05) is 43.7 Å². The van der Waals surface area contributed by atoms with Gasteiger partial charge in [0.05, 0.1) is 17.2 Å². The molecular formula is C15H21N5OS. The normalized spacial score (nSPS) is 16.8. The predicted octanol–water partition coefficient (Wildman–Crippen LogP) is 2.44. The number of nitrogens with zero attached hydrogens (tertiary/aromatic N) is 4. The highest BCUT2D eigenvalue weighted by atomic mass is 32.1. The number of hydrogen-bond acceptors (Lipinski definition) is 5. The van der Waals surface area contributed by atoms with Crippen LogP contribution in [0.5, 0.6) is 0 Å². The first-order chi connectivity index (χ1) is 10.6. The molecule has 22 heavy (non-hydrogen) atoms. The summed E-state index contributed by atoms with van der Waals surface area (Å²) in [5.74, 6) is 0.740. The zero-order valence-corrected chi connectivity index (χ0v) is 13.8. The Labute approximate surface area is 134 Å². The number of carbonyl (C=O) groups is 1. The van der Waals surface area contributed by atoms with Gasteiger partial charge in [-0.05, 0) is 19.8 Å². The average Bonchev–Trinajstić information content (AvgIpc) is 3.09. The van der Waals surface area contributed by atoms with Gasteiger partial charge in [0.25, 0.3) is 0 Å². The summed E-state index contributed by atoms with van der Waals surface area (Å²) in [5, 5.41) is 8.35. The zero-order valence-electron chi connectivity index (χ0n) is 13.0. The van der Waals surface area contributed by atoms with Gasteiger partial charge in [0.2, 0.25) is 5.91 Å². The summed E-state index contributed by atoms with van der Waals surface area (Å²) in [6, 6.07) is 2.21. The van der Waals surface area contributed by atoms with Gasteiger partial charge in [-0.1, -0.05) is 0 Å². The Balaban J connectivity index is 1.57. The summed E-state index contributed by atoms with van der Waals surface area (Å²) in [5.41, 5.74) is 0. The van der Waals surface area contributed by atoms with Crippen LogP contribution in [0.25, 0.3) is 0 Å². The Kier molecular flexibility index (Phi) is 4.54. The molecule has 1 N–H and O–H groups in total. The van der Waals surface area contributed by atoms with Crippen LogP contribution in [0.15, 0.2) is 18.5 Å². The molecule has 1 aliphatic heterocycles. The van der Waals surface area contributed by atoms with Crippen LogP contribution >= 0.6 is 11.3 Å². The molecule has 7 heteroatoms. The van der Waals surface area contributed by atoms with Crippen molar-refractivity contribution in [3.8, 4) is 0 Å². The Morgan fingerprint density at radius 3 is 2.86 bits per heavy atom. The summed E-state index contributed by atoms with van der Waals surface area (Å²) >= 11 is 1.77. The van der Waals surface area contributed by atoms with E-state index in [-0.39, 0.29) is 5.91 Å². The first kappa shape index (κ1) is 15.2. The lowest BCUT2D eigenvalue weighted by atomic mass is 10.1. The number of carbonyl (C=O) groups excluding carboxylic acids is 1. The average molecular weight is 319 g/mol. The first-order valence-corrected chi connectivity index (χ1v) is 8.38. The number of thiazole rings is 1. The number of hydrogen-bond donors (Lipinski definition) is 1. The van der Waals surface area contributed by atoms with E-state index in [0.717, 1.165) is 43.3 Å². The van der Waals surface area contributed by atoms with Crippen LogP contribution < -0.4 is 5.32 Å². The van der Waals surface area contributed by atoms with Gasteiger partial charge in [-0.25, -0.2) is 9.67 Å². The summed E-state index contributed by atoms with van der Waals surface area (Å²) < 4.78 is 1.95. The molecule has 0 radical (unpaired) electrons. The number of aromatic nitrogens is 3. The van der Waals surface area contributed by atoms with E-state index >= 15 is 0 Å². The molecule has 2 aromatic rings. The third-order valence-electron chi connectivity index (χ3n) is 3.93. The summed E-state index contributed by atoms with van der Waals surface area (Å²) in [7, 11) is 0. The van der Waals surface area contributed by atoms with E-state index in [1.807, 2.05) is 23.9 Å². The van der Waals surface area contributed by atoms with E-state index in [1.54, 1.807) is 17.5 Å². The highest BCUT2D eigenvalue weighted by Crippen LogP contribution is 2.26. The number of nitrogens with one attached hydrogen (secondary N) is 1. The molecule has 0 spiro atoms. The van der Waals surface area contributed by atoms with Crippen molar-refractivity contribution in [2.24, 2.45) is 0 Å². The Morgan fingerprint density at radius 1 is 1.45 bits per heavy atom. The number of piperidine rings is 1. The van der Waals surface area contributed by atoms with Gasteiger partial charge in [-0.2, -0.15) is 5.10 Å². The van der Waals surface area contributed by atoms with Gasteiger partial charge in [-0.3, -0.25) is 9.69 Å². The van der Waals surface area contributed by atoms with Crippen molar-refractivity contribution in [3.63, 3.8) is 0 Å². The highest BCUT2D eigenvalue weighted by Gasteiger charge is 2.23. The molecule has 0 saturated carbocycles. The van der Waals surface area contributed by atoms with Gasteiger partial charge in [0.1, 0.15) is 5.82 Å². The SMILES string of the molecule is CC(=O)Nc1ccnn1C1CCN(Cc2cnc(C)s2)CC1. The molecule has 0 bridgehead atoms. The number of rotatable bonds is 4. The van der Waals surface area contributed by atoms with E-state index in [1.165, 1.54) is 11.8 Å². The van der Waals surface area contributed by atoms with Gasteiger partial charge < -0.3 is 5.32 Å². The monoisotopic (exact) mass is 319 g/mol. The fourth-order valence-corrected chi connectivity index (χ4v) is 3.74. The molecule has 118 valence electrons. The third kappa shape index (κ3) is 3.53. The van der Waals surface area contributed by atoms with Gasteiger partial charge in [0.15, 0.2) is 0 Å². The van der Waals surface area contributed by atoms with Gasteiger partial charge in [-0.15, -0.1) is 11.3 Å². The predicted molar refractivity (Wildman–Crippen MR) is 86.9 cm³/mol. The molecule has 6 nitrogen and oxygen atoms in total. The molecule has 3 heterocycles. The van der Waals surface area contributed by atoms with Crippen LogP contribution in [0.4, 0.5) is 5.82 Å². The molecule has 0 atom stereocenters. The summed E-state index contributed by atoms with van der Waals surface area (Å²) in [6.07, 6.45) is 5.82. The molecule has 1 saturated heterocycles. The van der Waals surface area contributed by atoms with Crippen LogP contribution in [0.1, 0.15) is 35.7 Å². The van der Waals surface area contributed by atoms with Crippen LogP contribution in [0.2, 0.25) is 0 Å². The van der Waals surface area contributed by atoms with Crippen molar-refractivity contribution in [2.75, 3.05) is 18.4 Å². The second-order valence-electron chi connectivity index (χ2n) is 5.70. The molecular weight excluding hydrogens is 298 g/mol. The second-order valence-corrected chi connectivity index (χ2v) is 7.01. The van der Waals surface area contributed by atoms with E-state index in [4.69, 9.17) is 0 Å². The second kappa shape index (κ2) is 6.58. The highest BCUT2D eigenvalue weighted by molar-refractivity contribution is 7.11. The topological polar surface area (TPSA) is 63.1 Å². The van der Waals surface area contributed by atoms with Crippen LogP contribution in [-0.2, 0) is 11.3 Å². The molecule has 0 unspecified atom stereocenters. The zero-order chi connectivity index (χ0) is 15.5. The van der Waals surface area contributed by atoms with Crippen molar-refractivity contribution in [2.45, 2.75) is 39.3 Å². The maximum atomic E-state index is 11.2. The van der Waals surface area contributed by atoms with Crippen molar-refractivity contribution >= 4 is 23.1 Å². The number of likely N-dealkylation sites (tertiary alicyclic amines) is 1. The molecule has 0 aromatic carbocycles. The van der Waals surface area contributed by atoms with Crippen molar-refractivity contribution < 1.29 is 4.79 Å². The lowest BCUT2D eigenvalue weighted by molar-refractivity contribution is -0.114. The van der Waals surface area contributed by atoms with E-state index in [9.17, 15) is 4.79 Å². The van der Waals surface area contributed by atoms with Crippen LogP contribution in [-0.4, -0.2) is 38.7 Å². The smallest absolute Gasteiger partial charge is 0.222 e. The van der Waals surface area contributed by atoms with E-state index in [0.29, 0.717) is 6.04 Å². The minimum absolute atomic E-state index is 0.0558. The van der Waals surface area contributed by atoms with E-state index in [2.05, 4.69) is 20.3 Å². The largest absolute Gasteiger partial charge is 0.311 e. The number of anilines is 1. The standard InChI is InChI=1S/C15H21N5OS/c1-11(21)18-15-3-6-17-20(15)13-4-7-19(8-5-13)10-14-9-16-12(2)22-14/h3,6,9,13H,4-5,7-8,10H2,1-2H3,(H,18,21). The van der Waals surface area contributed by atoms with Crippen LogP contribution in [0.3, 0.4) is 0 Å². The summed E-state index contributed by atoms with van der Waals surface area (Å²) in [6.45, 7) is 6.64. The molecule has 1 aliphatic rings. The quantitative estimate of drug-likeness (QED) is 0.940.